The number of anilines is 2. The molecule has 6 heteroatoms. The lowest BCUT2D eigenvalue weighted by Crippen LogP contribution is -2.24. The van der Waals surface area contributed by atoms with E-state index in [-0.39, 0.29) is 0 Å². The zero-order chi connectivity index (χ0) is 13.7. The van der Waals surface area contributed by atoms with Crippen molar-refractivity contribution in [3.05, 3.63) is 47.3 Å². The van der Waals surface area contributed by atoms with E-state index in [4.69, 9.17) is 18.0 Å². The van der Waals surface area contributed by atoms with Crippen LogP contribution in [0.25, 0.3) is 0 Å². The molecule has 0 atom stereocenters. The first kappa shape index (κ1) is 13.9. The van der Waals surface area contributed by atoms with Crippen LogP contribution in [0.2, 0.25) is 0 Å². The van der Waals surface area contributed by atoms with E-state index < -0.39 is 0 Å². The minimum Gasteiger partial charge on any atom is -0.393 e. The van der Waals surface area contributed by atoms with Crippen molar-refractivity contribution in [2.24, 2.45) is 5.73 Å². The van der Waals surface area contributed by atoms with Crippen LogP contribution < -0.4 is 10.6 Å². The fraction of sp³-hybridized carbons (Fsp3) is 0.154. The van der Waals surface area contributed by atoms with Crippen molar-refractivity contribution < 1.29 is 0 Å². The second kappa shape index (κ2) is 6.58. The number of para-hydroxylation sites is 1. The lowest BCUT2D eigenvalue weighted by molar-refractivity contribution is 0.930. The fourth-order valence-corrected chi connectivity index (χ4v) is 2.22. The average molecular weight is 337 g/mol. The molecule has 2 aromatic rings. The Labute approximate surface area is 125 Å². The predicted molar refractivity (Wildman–Crippen MR) is 84.6 cm³/mol. The van der Waals surface area contributed by atoms with Crippen LogP contribution in [0.3, 0.4) is 0 Å². The lowest BCUT2D eigenvalue weighted by atomic mass is 10.2. The van der Waals surface area contributed by atoms with Gasteiger partial charge in [0.05, 0.1) is 9.46 Å². The van der Waals surface area contributed by atoms with E-state index >= 15 is 0 Å². The number of nitrogens with two attached hydrogens (primary N) is 1. The van der Waals surface area contributed by atoms with Crippen LogP contribution in [0.4, 0.5) is 11.5 Å². The summed E-state index contributed by atoms with van der Waals surface area (Å²) >= 11 is 8.42. The molecule has 0 unspecified atom stereocenters. The molecule has 0 spiro atoms. The molecular weight excluding hydrogens is 324 g/mol. The minimum absolute atomic E-state index is 0.492. The second-order valence-electron chi connectivity index (χ2n) is 3.90. The number of aromatic nitrogens is 2. The van der Waals surface area contributed by atoms with Crippen LogP contribution in [0.1, 0.15) is 6.42 Å². The van der Waals surface area contributed by atoms with E-state index in [0.717, 1.165) is 16.0 Å². The SMILES string of the molecule is NC(=S)CCN(c1ccccc1)c1ncncc1Br. The van der Waals surface area contributed by atoms with Gasteiger partial charge in [-0.2, -0.15) is 0 Å². The van der Waals surface area contributed by atoms with E-state index in [1.165, 1.54) is 6.33 Å². The number of benzene rings is 1. The molecule has 0 saturated carbocycles. The Balaban J connectivity index is 2.35. The smallest absolute Gasteiger partial charge is 0.150 e. The van der Waals surface area contributed by atoms with Crippen molar-refractivity contribution in [3.63, 3.8) is 0 Å². The van der Waals surface area contributed by atoms with Crippen LogP contribution in [0.15, 0.2) is 47.3 Å². The number of thiocarbonyl (C=S) groups is 1. The highest BCUT2D eigenvalue weighted by Gasteiger charge is 2.13. The van der Waals surface area contributed by atoms with Crippen molar-refractivity contribution >= 4 is 44.6 Å². The largest absolute Gasteiger partial charge is 0.393 e. The Kier molecular flexibility index (Phi) is 4.81. The number of rotatable bonds is 5. The van der Waals surface area contributed by atoms with Gasteiger partial charge in [-0.05, 0) is 28.1 Å². The summed E-state index contributed by atoms with van der Waals surface area (Å²) in [6.07, 6.45) is 3.87. The zero-order valence-electron chi connectivity index (χ0n) is 10.2. The van der Waals surface area contributed by atoms with Crippen LogP contribution in [-0.2, 0) is 0 Å². The lowest BCUT2D eigenvalue weighted by Gasteiger charge is -2.24. The van der Waals surface area contributed by atoms with Gasteiger partial charge in [0.2, 0.25) is 0 Å². The van der Waals surface area contributed by atoms with E-state index in [9.17, 15) is 0 Å². The number of halogens is 1. The number of nitrogens with zero attached hydrogens (tertiary/aromatic N) is 3. The standard InChI is InChI=1S/C13H13BrN4S/c14-11-8-16-9-17-13(11)18(7-6-12(15)19)10-4-2-1-3-5-10/h1-5,8-9H,6-7H2,(H2,15,19). The van der Waals surface area contributed by atoms with Gasteiger partial charge < -0.3 is 10.6 Å². The fourth-order valence-electron chi connectivity index (χ4n) is 1.69. The summed E-state index contributed by atoms with van der Waals surface area (Å²) in [5.41, 5.74) is 6.64. The monoisotopic (exact) mass is 336 g/mol. The maximum Gasteiger partial charge on any atom is 0.150 e. The third-order valence-corrected chi connectivity index (χ3v) is 3.32. The summed E-state index contributed by atoms with van der Waals surface area (Å²) in [7, 11) is 0. The Morgan fingerprint density at radius 2 is 2.05 bits per heavy atom. The molecular formula is C13H13BrN4S. The van der Waals surface area contributed by atoms with Crippen LogP contribution in [-0.4, -0.2) is 21.5 Å². The van der Waals surface area contributed by atoms with Gasteiger partial charge in [0.15, 0.2) is 5.82 Å². The molecule has 98 valence electrons. The first-order valence-electron chi connectivity index (χ1n) is 5.75. The molecule has 4 nitrogen and oxygen atoms in total. The summed E-state index contributed by atoms with van der Waals surface area (Å²) in [6.45, 7) is 0.676. The molecule has 0 aliphatic carbocycles. The van der Waals surface area contributed by atoms with Crippen LogP contribution >= 0.6 is 28.1 Å². The summed E-state index contributed by atoms with van der Waals surface area (Å²) in [6, 6.07) is 9.99. The number of hydrogen-bond donors (Lipinski definition) is 1. The third-order valence-electron chi connectivity index (χ3n) is 2.55. The van der Waals surface area contributed by atoms with Gasteiger partial charge >= 0.3 is 0 Å². The Hall–Kier alpha value is -1.53. The van der Waals surface area contributed by atoms with Crippen molar-refractivity contribution in [1.29, 1.82) is 0 Å². The van der Waals surface area contributed by atoms with E-state index in [0.29, 0.717) is 18.0 Å². The molecule has 0 radical (unpaired) electrons. The van der Waals surface area contributed by atoms with E-state index in [2.05, 4.69) is 30.8 Å². The summed E-state index contributed by atoms with van der Waals surface area (Å²) in [5.74, 6) is 0.803. The summed E-state index contributed by atoms with van der Waals surface area (Å²) in [5, 5.41) is 0. The molecule has 0 aliphatic heterocycles. The molecule has 1 aromatic carbocycles. The Morgan fingerprint density at radius 3 is 2.68 bits per heavy atom. The van der Waals surface area contributed by atoms with Gasteiger partial charge in [-0.25, -0.2) is 9.97 Å². The molecule has 19 heavy (non-hydrogen) atoms. The highest BCUT2D eigenvalue weighted by Crippen LogP contribution is 2.29. The van der Waals surface area contributed by atoms with Crippen molar-refractivity contribution in [1.82, 2.24) is 9.97 Å². The maximum atomic E-state index is 5.60. The van der Waals surface area contributed by atoms with Crippen LogP contribution in [0.5, 0.6) is 0 Å². The van der Waals surface area contributed by atoms with Gasteiger partial charge in [-0.1, -0.05) is 30.4 Å². The molecule has 1 aromatic heterocycles. The molecule has 0 fully saturated rings. The molecule has 0 amide bonds. The second-order valence-corrected chi connectivity index (χ2v) is 5.28. The molecule has 0 bridgehead atoms. The average Bonchev–Trinajstić information content (AvgIpc) is 2.42. The van der Waals surface area contributed by atoms with Gasteiger partial charge in [0.1, 0.15) is 6.33 Å². The first-order valence-corrected chi connectivity index (χ1v) is 6.95. The molecule has 0 saturated heterocycles. The highest BCUT2D eigenvalue weighted by atomic mass is 79.9. The predicted octanol–water partition coefficient (Wildman–Crippen LogP) is 3.05. The normalized spacial score (nSPS) is 10.2. The zero-order valence-corrected chi connectivity index (χ0v) is 12.6. The van der Waals surface area contributed by atoms with Crippen LogP contribution in [0, 0.1) is 0 Å². The molecule has 2 rings (SSSR count). The number of hydrogen-bond acceptors (Lipinski definition) is 4. The molecule has 0 aliphatic rings. The van der Waals surface area contributed by atoms with Gasteiger partial charge in [-0.15, -0.1) is 0 Å². The van der Waals surface area contributed by atoms with Gasteiger partial charge in [0.25, 0.3) is 0 Å². The van der Waals surface area contributed by atoms with Crippen molar-refractivity contribution in [3.8, 4) is 0 Å². The summed E-state index contributed by atoms with van der Waals surface area (Å²) in [4.78, 5) is 10.9. The quantitative estimate of drug-likeness (QED) is 0.850. The molecule has 1 heterocycles. The Morgan fingerprint density at radius 1 is 1.32 bits per heavy atom. The minimum atomic E-state index is 0.492. The highest BCUT2D eigenvalue weighted by molar-refractivity contribution is 9.10. The van der Waals surface area contributed by atoms with Crippen molar-refractivity contribution in [2.75, 3.05) is 11.4 Å². The van der Waals surface area contributed by atoms with E-state index in [1.54, 1.807) is 6.20 Å². The Bertz CT molecular complexity index is 562. The van der Waals surface area contributed by atoms with E-state index in [1.807, 2.05) is 30.3 Å². The summed E-state index contributed by atoms with van der Waals surface area (Å²) < 4.78 is 0.835. The van der Waals surface area contributed by atoms with Gasteiger partial charge in [0, 0.05) is 24.8 Å². The topological polar surface area (TPSA) is 55.0 Å². The van der Waals surface area contributed by atoms with Crippen molar-refractivity contribution in [2.45, 2.75) is 6.42 Å². The molecule has 2 N–H and O–H groups in total. The third kappa shape index (κ3) is 3.71. The first-order chi connectivity index (χ1) is 9.18. The maximum absolute atomic E-state index is 5.60. The van der Waals surface area contributed by atoms with Gasteiger partial charge in [-0.3, -0.25) is 0 Å².